The van der Waals surface area contributed by atoms with Gasteiger partial charge in [-0.25, -0.2) is 4.79 Å². The molecule has 0 spiro atoms. The maximum absolute atomic E-state index is 12.0. The second kappa shape index (κ2) is 5.24. The Hall–Kier alpha value is -2.14. The number of hydrogen-bond donors (Lipinski definition) is 3. The van der Waals surface area contributed by atoms with Gasteiger partial charge in [0, 0.05) is 24.4 Å². The minimum absolute atomic E-state index is 0.179. The van der Waals surface area contributed by atoms with Gasteiger partial charge in [0.15, 0.2) is 0 Å². The van der Waals surface area contributed by atoms with E-state index in [2.05, 4.69) is 10.6 Å². The molecule has 1 aromatic carbocycles. The molecular weight excluding hydrogens is 244 g/mol. The number of nitrogens with one attached hydrogen (secondary N) is 2. The molecule has 19 heavy (non-hydrogen) atoms. The molecule has 0 bridgehead atoms. The summed E-state index contributed by atoms with van der Waals surface area (Å²) in [6.45, 7) is 4.95. The fourth-order valence-electron chi connectivity index (χ4n) is 1.89. The number of hydrogen-bond acceptors (Lipinski definition) is 3. The predicted octanol–water partition coefficient (Wildman–Crippen LogP) is 1.55. The van der Waals surface area contributed by atoms with Crippen molar-refractivity contribution in [1.82, 2.24) is 5.32 Å². The van der Waals surface area contributed by atoms with Gasteiger partial charge in [-0.3, -0.25) is 4.79 Å². The van der Waals surface area contributed by atoms with Gasteiger partial charge in [-0.15, -0.1) is 0 Å². The first kappa shape index (κ1) is 13.3. The highest BCUT2D eigenvalue weighted by atomic mass is 16.4. The summed E-state index contributed by atoms with van der Waals surface area (Å²) < 4.78 is 0. The molecule has 0 saturated carbocycles. The number of carbonyl (C=O) groups is 2. The molecule has 1 saturated heterocycles. The summed E-state index contributed by atoms with van der Waals surface area (Å²) in [6.07, 6.45) is 0. The van der Waals surface area contributed by atoms with Crippen molar-refractivity contribution in [3.8, 4) is 0 Å². The van der Waals surface area contributed by atoms with Crippen molar-refractivity contribution in [3.63, 3.8) is 0 Å². The van der Waals surface area contributed by atoms with Crippen molar-refractivity contribution in [1.29, 1.82) is 0 Å². The molecule has 0 aromatic heterocycles. The maximum atomic E-state index is 12.0. The minimum atomic E-state index is -0.994. The molecule has 1 aromatic rings. The summed E-state index contributed by atoms with van der Waals surface area (Å²) in [6, 6.07) is 4.85. The number of rotatable bonds is 3. The van der Waals surface area contributed by atoms with E-state index in [1.807, 2.05) is 0 Å². The average Bonchev–Trinajstić information content (AvgIpc) is 2.29. The van der Waals surface area contributed by atoms with Gasteiger partial charge in [0.25, 0.3) is 5.91 Å². The van der Waals surface area contributed by atoms with Crippen LogP contribution in [0.4, 0.5) is 5.69 Å². The predicted molar refractivity (Wildman–Crippen MR) is 72.3 cm³/mol. The molecule has 1 amide bonds. The SMILES string of the molecule is CC(C(=O)Nc1cccc(C(=O)O)c1C)=C1CNC1. The number of carboxylic acids is 1. The normalized spacial score (nSPS) is 13.7. The second-order valence-corrected chi connectivity index (χ2v) is 4.57. The summed E-state index contributed by atoms with van der Waals surface area (Å²) >= 11 is 0. The van der Waals surface area contributed by atoms with Crippen LogP contribution < -0.4 is 10.6 Å². The Kier molecular flexibility index (Phi) is 3.66. The third-order valence-corrected chi connectivity index (χ3v) is 3.36. The third kappa shape index (κ3) is 2.66. The summed E-state index contributed by atoms with van der Waals surface area (Å²) in [5.41, 5.74) is 3.09. The number of anilines is 1. The van der Waals surface area contributed by atoms with E-state index in [1.54, 1.807) is 26.0 Å². The van der Waals surface area contributed by atoms with E-state index in [1.165, 1.54) is 6.07 Å². The third-order valence-electron chi connectivity index (χ3n) is 3.36. The van der Waals surface area contributed by atoms with Crippen LogP contribution in [-0.4, -0.2) is 30.1 Å². The Morgan fingerprint density at radius 2 is 2.00 bits per heavy atom. The van der Waals surface area contributed by atoms with Crippen molar-refractivity contribution in [2.24, 2.45) is 0 Å². The van der Waals surface area contributed by atoms with Crippen molar-refractivity contribution >= 4 is 17.6 Å². The van der Waals surface area contributed by atoms with Gasteiger partial charge in [-0.05, 0) is 37.1 Å². The van der Waals surface area contributed by atoms with E-state index in [-0.39, 0.29) is 11.5 Å². The molecule has 1 fully saturated rings. The Balaban J connectivity index is 2.22. The summed E-state index contributed by atoms with van der Waals surface area (Å²) in [5, 5.41) is 14.9. The summed E-state index contributed by atoms with van der Waals surface area (Å²) in [5.74, 6) is -1.17. The zero-order valence-corrected chi connectivity index (χ0v) is 10.9. The number of amides is 1. The molecule has 0 aliphatic carbocycles. The first-order valence-corrected chi connectivity index (χ1v) is 6.04. The fourth-order valence-corrected chi connectivity index (χ4v) is 1.89. The molecule has 3 N–H and O–H groups in total. The molecular formula is C14H16N2O3. The van der Waals surface area contributed by atoms with Crippen LogP contribution in [0.5, 0.6) is 0 Å². The van der Waals surface area contributed by atoms with E-state index >= 15 is 0 Å². The zero-order chi connectivity index (χ0) is 14.0. The standard InChI is InChI=1S/C14H16N2O3/c1-8(10-6-15-7-10)13(17)16-12-5-3-4-11(9(12)2)14(18)19/h3-5,15H,6-7H2,1-2H3,(H,16,17)(H,18,19). The smallest absolute Gasteiger partial charge is 0.336 e. The molecule has 0 atom stereocenters. The Morgan fingerprint density at radius 3 is 2.53 bits per heavy atom. The van der Waals surface area contributed by atoms with Gasteiger partial charge in [-0.2, -0.15) is 0 Å². The molecule has 1 aliphatic heterocycles. The van der Waals surface area contributed by atoms with Crippen LogP contribution in [0.25, 0.3) is 0 Å². The van der Waals surface area contributed by atoms with E-state index in [9.17, 15) is 9.59 Å². The monoisotopic (exact) mass is 260 g/mol. The lowest BCUT2D eigenvalue weighted by Crippen LogP contribution is -2.36. The number of carbonyl (C=O) groups excluding carboxylic acids is 1. The van der Waals surface area contributed by atoms with E-state index in [4.69, 9.17) is 5.11 Å². The molecule has 100 valence electrons. The van der Waals surface area contributed by atoms with Crippen LogP contribution >= 0.6 is 0 Å². The van der Waals surface area contributed by atoms with Gasteiger partial charge in [0.05, 0.1) is 5.56 Å². The largest absolute Gasteiger partial charge is 0.478 e. The van der Waals surface area contributed by atoms with Crippen LogP contribution in [0, 0.1) is 6.92 Å². The van der Waals surface area contributed by atoms with Crippen LogP contribution in [-0.2, 0) is 4.79 Å². The number of benzene rings is 1. The second-order valence-electron chi connectivity index (χ2n) is 4.57. The highest BCUT2D eigenvalue weighted by Gasteiger charge is 2.17. The van der Waals surface area contributed by atoms with Crippen molar-refractivity contribution in [2.45, 2.75) is 13.8 Å². The van der Waals surface area contributed by atoms with Gasteiger partial charge < -0.3 is 15.7 Å². The van der Waals surface area contributed by atoms with Crippen LogP contribution in [0.3, 0.4) is 0 Å². The molecule has 5 nitrogen and oxygen atoms in total. The zero-order valence-electron chi connectivity index (χ0n) is 10.9. The lowest BCUT2D eigenvalue weighted by Gasteiger charge is -2.21. The van der Waals surface area contributed by atoms with Crippen molar-refractivity contribution in [3.05, 3.63) is 40.5 Å². The van der Waals surface area contributed by atoms with Crippen molar-refractivity contribution in [2.75, 3.05) is 18.4 Å². The number of carboxylic acid groups (broad SMARTS) is 1. The van der Waals surface area contributed by atoms with Crippen LogP contribution in [0.1, 0.15) is 22.8 Å². The van der Waals surface area contributed by atoms with Crippen LogP contribution in [0.2, 0.25) is 0 Å². The molecule has 1 aliphatic rings. The average molecular weight is 260 g/mol. The highest BCUT2D eigenvalue weighted by molar-refractivity contribution is 6.05. The molecule has 0 radical (unpaired) electrons. The van der Waals surface area contributed by atoms with E-state index in [0.29, 0.717) is 16.8 Å². The van der Waals surface area contributed by atoms with Gasteiger partial charge in [0.2, 0.25) is 0 Å². The highest BCUT2D eigenvalue weighted by Crippen LogP contribution is 2.20. The minimum Gasteiger partial charge on any atom is -0.478 e. The van der Waals surface area contributed by atoms with Crippen molar-refractivity contribution < 1.29 is 14.7 Å². The summed E-state index contributed by atoms with van der Waals surface area (Å²) in [4.78, 5) is 23.1. The molecule has 2 rings (SSSR count). The Labute approximate surface area is 111 Å². The van der Waals surface area contributed by atoms with Gasteiger partial charge in [0.1, 0.15) is 0 Å². The Morgan fingerprint density at radius 1 is 1.32 bits per heavy atom. The Bertz CT molecular complexity index is 570. The van der Waals surface area contributed by atoms with Crippen LogP contribution in [0.15, 0.2) is 29.3 Å². The summed E-state index contributed by atoms with van der Waals surface area (Å²) in [7, 11) is 0. The van der Waals surface area contributed by atoms with Gasteiger partial charge in [-0.1, -0.05) is 6.07 Å². The topological polar surface area (TPSA) is 78.4 Å². The number of aromatic carboxylic acids is 1. The quantitative estimate of drug-likeness (QED) is 0.720. The molecule has 5 heteroatoms. The molecule has 0 unspecified atom stereocenters. The molecule has 1 heterocycles. The first-order chi connectivity index (χ1) is 9.00. The van der Waals surface area contributed by atoms with E-state index in [0.717, 1.165) is 18.7 Å². The first-order valence-electron chi connectivity index (χ1n) is 6.04. The lowest BCUT2D eigenvalue weighted by atomic mass is 10.0. The lowest BCUT2D eigenvalue weighted by molar-refractivity contribution is -0.112. The maximum Gasteiger partial charge on any atom is 0.336 e. The van der Waals surface area contributed by atoms with Gasteiger partial charge >= 0.3 is 5.97 Å². The van der Waals surface area contributed by atoms with E-state index < -0.39 is 5.97 Å². The fraction of sp³-hybridized carbons (Fsp3) is 0.286.